The van der Waals surface area contributed by atoms with E-state index in [-0.39, 0.29) is 10.8 Å². The van der Waals surface area contributed by atoms with Crippen molar-refractivity contribution in [1.82, 2.24) is 0 Å². The first-order chi connectivity index (χ1) is 8.42. The molecule has 2 rings (SSSR count). The molecule has 18 heavy (non-hydrogen) atoms. The summed E-state index contributed by atoms with van der Waals surface area (Å²) in [5.74, 6) is 2.54. The van der Waals surface area contributed by atoms with Gasteiger partial charge in [-0.15, -0.1) is 11.8 Å². The fourth-order valence-electron chi connectivity index (χ4n) is 2.41. The second-order valence-electron chi connectivity index (χ2n) is 5.19. The highest BCUT2D eigenvalue weighted by atomic mass is 32.2. The Labute approximate surface area is 113 Å². The summed E-state index contributed by atoms with van der Waals surface area (Å²) in [6, 6.07) is 1.98. The summed E-state index contributed by atoms with van der Waals surface area (Å²) < 4.78 is 11.0. The Balaban J connectivity index is 2.69. The molecule has 1 unspecified atom stereocenters. The molecule has 1 atom stereocenters. The molecule has 0 aliphatic carbocycles. The van der Waals surface area contributed by atoms with Crippen molar-refractivity contribution in [2.24, 2.45) is 5.73 Å². The van der Waals surface area contributed by atoms with Gasteiger partial charge in [-0.1, -0.05) is 0 Å². The molecule has 0 spiro atoms. The Hall–Kier alpha value is -0.870. The highest BCUT2D eigenvalue weighted by Crippen LogP contribution is 2.50. The zero-order chi connectivity index (χ0) is 13.5. The number of ether oxygens (including phenoxy) is 2. The van der Waals surface area contributed by atoms with Gasteiger partial charge in [0.2, 0.25) is 0 Å². The van der Waals surface area contributed by atoms with Crippen LogP contribution in [0.3, 0.4) is 0 Å². The monoisotopic (exact) mass is 267 g/mol. The van der Waals surface area contributed by atoms with Crippen LogP contribution >= 0.6 is 11.8 Å². The average molecular weight is 267 g/mol. The topological polar surface area (TPSA) is 44.5 Å². The van der Waals surface area contributed by atoms with Gasteiger partial charge in [-0.3, -0.25) is 0 Å². The number of fused-ring (bicyclic) bond motifs is 1. The predicted molar refractivity (Wildman–Crippen MR) is 76.6 cm³/mol. The Kier molecular flexibility index (Phi) is 3.52. The number of hydrogen-bond donors (Lipinski definition) is 1. The molecular formula is C14H21NO2S. The summed E-state index contributed by atoms with van der Waals surface area (Å²) in [7, 11) is 3.34. The Morgan fingerprint density at radius 1 is 1.33 bits per heavy atom. The highest BCUT2D eigenvalue weighted by Gasteiger charge is 2.37. The van der Waals surface area contributed by atoms with Crippen molar-refractivity contribution in [2.45, 2.75) is 37.3 Å². The molecule has 1 aromatic carbocycles. The summed E-state index contributed by atoms with van der Waals surface area (Å²) in [6.07, 6.45) is 0. The van der Waals surface area contributed by atoms with Crippen molar-refractivity contribution in [3.05, 3.63) is 22.8 Å². The molecule has 3 nitrogen and oxygen atoms in total. The van der Waals surface area contributed by atoms with E-state index in [0.717, 1.165) is 22.8 Å². The Morgan fingerprint density at radius 3 is 2.56 bits per heavy atom. The first kappa shape index (κ1) is 13.6. The van der Waals surface area contributed by atoms with E-state index in [2.05, 4.69) is 20.8 Å². The van der Waals surface area contributed by atoms with Gasteiger partial charge in [-0.05, 0) is 38.0 Å². The minimum Gasteiger partial charge on any atom is -0.493 e. The molecule has 1 aliphatic rings. The van der Waals surface area contributed by atoms with Crippen LogP contribution in [0.5, 0.6) is 11.5 Å². The molecule has 0 saturated heterocycles. The van der Waals surface area contributed by atoms with Crippen molar-refractivity contribution in [2.75, 3.05) is 14.2 Å². The van der Waals surface area contributed by atoms with Crippen molar-refractivity contribution in [1.29, 1.82) is 0 Å². The normalized spacial score (nSPS) is 21.3. The fraction of sp³-hybridized carbons (Fsp3) is 0.571. The molecular weight excluding hydrogens is 246 g/mol. The fourth-order valence-corrected chi connectivity index (χ4v) is 3.61. The van der Waals surface area contributed by atoms with Crippen molar-refractivity contribution in [3.8, 4) is 11.5 Å². The largest absolute Gasteiger partial charge is 0.493 e. The second-order valence-corrected chi connectivity index (χ2v) is 6.82. The number of benzene rings is 1. The Bertz CT molecular complexity index is 471. The van der Waals surface area contributed by atoms with Crippen LogP contribution in [0.4, 0.5) is 0 Å². The van der Waals surface area contributed by atoms with E-state index in [1.165, 1.54) is 11.1 Å². The zero-order valence-corrected chi connectivity index (χ0v) is 12.5. The van der Waals surface area contributed by atoms with E-state index in [9.17, 15) is 0 Å². The molecule has 100 valence electrons. The maximum atomic E-state index is 6.44. The van der Waals surface area contributed by atoms with Gasteiger partial charge in [-0.25, -0.2) is 0 Å². The summed E-state index contributed by atoms with van der Waals surface area (Å²) in [5, 5.41) is 0. The van der Waals surface area contributed by atoms with Crippen LogP contribution < -0.4 is 15.2 Å². The van der Waals surface area contributed by atoms with Crippen LogP contribution in [-0.2, 0) is 5.75 Å². The number of methoxy groups -OCH3 is 2. The summed E-state index contributed by atoms with van der Waals surface area (Å²) in [4.78, 5) is 0. The van der Waals surface area contributed by atoms with Gasteiger partial charge < -0.3 is 15.2 Å². The summed E-state index contributed by atoms with van der Waals surface area (Å²) >= 11 is 1.90. The summed E-state index contributed by atoms with van der Waals surface area (Å²) in [5.41, 5.74) is 10.1. The SMILES string of the molecule is COc1cc(C)c2c(c1OC)C(N)C(C)(C)SC2. The lowest BCUT2D eigenvalue weighted by Crippen LogP contribution is -2.36. The van der Waals surface area contributed by atoms with Crippen LogP contribution in [0, 0.1) is 6.92 Å². The minimum atomic E-state index is -0.0463. The van der Waals surface area contributed by atoms with E-state index in [1.807, 2.05) is 17.8 Å². The number of thioether (sulfide) groups is 1. The van der Waals surface area contributed by atoms with E-state index in [1.54, 1.807) is 14.2 Å². The molecule has 0 bridgehead atoms. The standard InChI is InChI=1S/C14H21NO2S/c1-8-6-10(16-4)12(17-5)11-9(8)7-18-14(2,3)13(11)15/h6,13H,7,15H2,1-5H3. The molecule has 0 radical (unpaired) electrons. The molecule has 1 aliphatic heterocycles. The van der Waals surface area contributed by atoms with Crippen LogP contribution in [0.1, 0.15) is 36.6 Å². The molecule has 0 saturated carbocycles. The molecule has 1 aromatic rings. The molecule has 2 N–H and O–H groups in total. The maximum Gasteiger partial charge on any atom is 0.165 e. The van der Waals surface area contributed by atoms with Gasteiger partial charge in [0, 0.05) is 22.1 Å². The van der Waals surface area contributed by atoms with E-state index in [0.29, 0.717) is 0 Å². The van der Waals surface area contributed by atoms with Crippen molar-refractivity contribution in [3.63, 3.8) is 0 Å². The maximum absolute atomic E-state index is 6.44. The summed E-state index contributed by atoms with van der Waals surface area (Å²) in [6.45, 7) is 6.46. The number of aryl methyl sites for hydroxylation is 1. The number of hydrogen-bond acceptors (Lipinski definition) is 4. The molecule has 0 amide bonds. The first-order valence-electron chi connectivity index (χ1n) is 6.06. The molecule has 0 aromatic heterocycles. The molecule has 1 heterocycles. The lowest BCUT2D eigenvalue weighted by atomic mass is 9.88. The van der Waals surface area contributed by atoms with Gasteiger partial charge in [0.25, 0.3) is 0 Å². The highest BCUT2D eigenvalue weighted by molar-refractivity contribution is 8.00. The van der Waals surface area contributed by atoms with Gasteiger partial charge in [0.1, 0.15) is 0 Å². The second kappa shape index (κ2) is 4.67. The number of nitrogens with two attached hydrogens (primary N) is 1. The third-order valence-electron chi connectivity index (χ3n) is 3.69. The van der Waals surface area contributed by atoms with E-state index >= 15 is 0 Å². The first-order valence-corrected chi connectivity index (χ1v) is 7.04. The lowest BCUT2D eigenvalue weighted by molar-refractivity contribution is 0.345. The Morgan fingerprint density at radius 2 is 2.00 bits per heavy atom. The van der Waals surface area contributed by atoms with Crippen LogP contribution in [-0.4, -0.2) is 19.0 Å². The molecule has 4 heteroatoms. The predicted octanol–water partition coefficient (Wildman–Crippen LogP) is 3.04. The third-order valence-corrected chi connectivity index (χ3v) is 5.12. The van der Waals surface area contributed by atoms with E-state index in [4.69, 9.17) is 15.2 Å². The quantitative estimate of drug-likeness (QED) is 0.894. The van der Waals surface area contributed by atoms with Crippen LogP contribution in [0.25, 0.3) is 0 Å². The van der Waals surface area contributed by atoms with Gasteiger partial charge >= 0.3 is 0 Å². The van der Waals surface area contributed by atoms with Crippen LogP contribution in [0.2, 0.25) is 0 Å². The smallest absolute Gasteiger partial charge is 0.165 e. The van der Waals surface area contributed by atoms with Crippen LogP contribution in [0.15, 0.2) is 6.07 Å². The zero-order valence-electron chi connectivity index (χ0n) is 11.7. The average Bonchev–Trinajstić information content (AvgIpc) is 2.33. The minimum absolute atomic E-state index is 0.0130. The van der Waals surface area contributed by atoms with Gasteiger partial charge in [-0.2, -0.15) is 0 Å². The van der Waals surface area contributed by atoms with E-state index < -0.39 is 0 Å². The lowest BCUT2D eigenvalue weighted by Gasteiger charge is -2.38. The third kappa shape index (κ3) is 1.97. The van der Waals surface area contributed by atoms with Gasteiger partial charge in [0.15, 0.2) is 11.5 Å². The number of rotatable bonds is 2. The van der Waals surface area contributed by atoms with Crippen molar-refractivity contribution >= 4 is 11.8 Å². The molecule has 0 fully saturated rings. The van der Waals surface area contributed by atoms with Gasteiger partial charge in [0.05, 0.1) is 14.2 Å². The van der Waals surface area contributed by atoms with Crippen molar-refractivity contribution < 1.29 is 9.47 Å².